The summed E-state index contributed by atoms with van der Waals surface area (Å²) in [6.45, 7) is 5.32. The monoisotopic (exact) mass is 390 g/mol. The maximum Gasteiger partial charge on any atom is 0.163 e. The van der Waals surface area contributed by atoms with E-state index in [4.69, 9.17) is 5.26 Å². The molecular weight excluding hydrogens is 364 g/mol. The van der Waals surface area contributed by atoms with Gasteiger partial charge in [-0.3, -0.25) is 4.79 Å². The Morgan fingerprint density at radius 2 is 1.93 bits per heavy atom. The number of benzene rings is 1. The lowest BCUT2D eigenvalue weighted by Gasteiger charge is -2.20. The number of nitriles is 1. The minimum absolute atomic E-state index is 0.118. The molecule has 1 aromatic heterocycles. The standard InChI is InChI=1S/C23H26N4O2/c1-15(2)16-3-5-18(6-4-16)23(9-10-23)21(29)11-17-13-27(14-20(17)28)22-8-7-19(12-24)25-26-22/h3-8,15,17,20,28H,9-11,13-14H2,1-2H3/t17?,20-/m1/s1. The summed E-state index contributed by atoms with van der Waals surface area (Å²) in [6, 6.07) is 13.8. The van der Waals surface area contributed by atoms with E-state index < -0.39 is 6.10 Å². The molecule has 6 nitrogen and oxygen atoms in total. The number of β-amino-alcohol motifs (C(OH)–C–C–N with tert-alkyl or cyclic N) is 1. The number of nitrogens with zero attached hydrogens (tertiary/aromatic N) is 4. The van der Waals surface area contributed by atoms with Crippen molar-refractivity contribution in [3.63, 3.8) is 0 Å². The minimum atomic E-state index is -0.574. The molecule has 2 atom stereocenters. The first-order chi connectivity index (χ1) is 13.9. The summed E-state index contributed by atoms with van der Waals surface area (Å²) in [5.74, 6) is 1.21. The predicted molar refractivity (Wildman–Crippen MR) is 110 cm³/mol. The van der Waals surface area contributed by atoms with Gasteiger partial charge in [0.2, 0.25) is 0 Å². The van der Waals surface area contributed by atoms with Crippen LogP contribution in [0.5, 0.6) is 0 Å². The molecule has 0 spiro atoms. The maximum absolute atomic E-state index is 13.2. The number of aliphatic hydroxyl groups excluding tert-OH is 1. The third-order valence-electron chi connectivity index (χ3n) is 6.36. The van der Waals surface area contributed by atoms with Gasteiger partial charge in [-0.15, -0.1) is 10.2 Å². The number of carbonyl (C=O) groups is 1. The van der Waals surface area contributed by atoms with E-state index in [2.05, 4.69) is 48.3 Å². The Balaban J connectivity index is 1.43. The average molecular weight is 390 g/mol. The van der Waals surface area contributed by atoms with Crippen LogP contribution in [0.1, 0.15) is 55.8 Å². The van der Waals surface area contributed by atoms with Crippen LogP contribution in [0.3, 0.4) is 0 Å². The summed E-state index contributed by atoms with van der Waals surface area (Å²) in [5, 5.41) is 27.3. The van der Waals surface area contributed by atoms with Crippen LogP contribution in [0.2, 0.25) is 0 Å². The molecule has 1 aliphatic heterocycles. The van der Waals surface area contributed by atoms with Crippen LogP contribution in [0, 0.1) is 17.2 Å². The minimum Gasteiger partial charge on any atom is -0.391 e. The lowest BCUT2D eigenvalue weighted by atomic mass is 9.84. The fourth-order valence-electron chi connectivity index (χ4n) is 4.27. The van der Waals surface area contributed by atoms with Crippen molar-refractivity contribution < 1.29 is 9.90 Å². The number of carbonyl (C=O) groups excluding carboxylic acids is 1. The number of rotatable bonds is 6. The molecule has 2 aromatic rings. The van der Waals surface area contributed by atoms with Crippen molar-refractivity contribution in [3.05, 3.63) is 53.2 Å². The zero-order valence-electron chi connectivity index (χ0n) is 16.9. The van der Waals surface area contributed by atoms with Crippen molar-refractivity contribution in [2.45, 2.75) is 50.5 Å². The highest BCUT2D eigenvalue weighted by Gasteiger charge is 2.51. The molecule has 0 radical (unpaired) electrons. The summed E-state index contributed by atoms with van der Waals surface area (Å²) in [4.78, 5) is 15.1. The summed E-state index contributed by atoms with van der Waals surface area (Å²) in [6.07, 6.45) is 1.57. The van der Waals surface area contributed by atoms with E-state index in [0.717, 1.165) is 18.4 Å². The first-order valence-electron chi connectivity index (χ1n) is 10.2. The van der Waals surface area contributed by atoms with E-state index in [-0.39, 0.29) is 22.8 Å². The molecule has 1 unspecified atom stereocenters. The van der Waals surface area contributed by atoms with Crippen molar-refractivity contribution in [3.8, 4) is 6.07 Å². The van der Waals surface area contributed by atoms with Crippen molar-refractivity contribution >= 4 is 11.6 Å². The van der Waals surface area contributed by atoms with E-state index in [1.54, 1.807) is 12.1 Å². The number of aromatic nitrogens is 2. The highest BCUT2D eigenvalue weighted by molar-refractivity contribution is 5.93. The Morgan fingerprint density at radius 3 is 2.48 bits per heavy atom. The zero-order chi connectivity index (χ0) is 20.6. The lowest BCUT2D eigenvalue weighted by Crippen LogP contribution is -2.28. The van der Waals surface area contributed by atoms with Gasteiger partial charge in [0.15, 0.2) is 11.5 Å². The van der Waals surface area contributed by atoms with Crippen LogP contribution in [0.4, 0.5) is 5.82 Å². The molecule has 0 bridgehead atoms. The number of hydrogen-bond acceptors (Lipinski definition) is 6. The predicted octanol–water partition coefficient (Wildman–Crippen LogP) is 2.96. The summed E-state index contributed by atoms with van der Waals surface area (Å²) in [7, 11) is 0. The van der Waals surface area contributed by atoms with Gasteiger partial charge >= 0.3 is 0 Å². The maximum atomic E-state index is 13.2. The number of aliphatic hydroxyl groups is 1. The van der Waals surface area contributed by atoms with Gasteiger partial charge in [0.25, 0.3) is 0 Å². The third-order valence-corrected chi connectivity index (χ3v) is 6.36. The Labute approximate surface area is 171 Å². The van der Waals surface area contributed by atoms with Crippen LogP contribution in [0.15, 0.2) is 36.4 Å². The molecule has 2 fully saturated rings. The molecule has 1 aliphatic carbocycles. The molecule has 29 heavy (non-hydrogen) atoms. The number of hydrogen-bond donors (Lipinski definition) is 1. The Hall–Kier alpha value is -2.78. The summed E-state index contributed by atoms with van der Waals surface area (Å²) < 4.78 is 0. The van der Waals surface area contributed by atoms with Crippen molar-refractivity contribution in [2.24, 2.45) is 5.92 Å². The van der Waals surface area contributed by atoms with Gasteiger partial charge in [-0.05, 0) is 42.0 Å². The van der Waals surface area contributed by atoms with Gasteiger partial charge in [-0.25, -0.2) is 0 Å². The smallest absolute Gasteiger partial charge is 0.163 e. The molecule has 4 rings (SSSR count). The fraction of sp³-hybridized carbons (Fsp3) is 0.478. The molecule has 1 aromatic carbocycles. The first kappa shape index (κ1) is 19.5. The largest absolute Gasteiger partial charge is 0.391 e. The highest BCUT2D eigenvalue weighted by Crippen LogP contribution is 2.50. The third kappa shape index (κ3) is 3.75. The molecule has 2 heterocycles. The molecule has 0 amide bonds. The van der Waals surface area contributed by atoms with Crippen molar-refractivity contribution in [1.29, 1.82) is 5.26 Å². The Bertz CT molecular complexity index is 927. The second-order valence-corrected chi connectivity index (χ2v) is 8.61. The SMILES string of the molecule is CC(C)c1ccc(C2(C(=O)CC3CN(c4ccc(C#N)nn4)C[C@H]3O)CC2)cc1. The quantitative estimate of drug-likeness (QED) is 0.816. The van der Waals surface area contributed by atoms with Gasteiger partial charge in [0.1, 0.15) is 11.9 Å². The van der Waals surface area contributed by atoms with Gasteiger partial charge in [0, 0.05) is 25.4 Å². The van der Waals surface area contributed by atoms with Crippen LogP contribution in [-0.4, -0.2) is 40.3 Å². The fourth-order valence-corrected chi connectivity index (χ4v) is 4.27. The molecule has 2 aliphatic rings. The van der Waals surface area contributed by atoms with Crippen LogP contribution >= 0.6 is 0 Å². The first-order valence-corrected chi connectivity index (χ1v) is 10.2. The Morgan fingerprint density at radius 1 is 1.21 bits per heavy atom. The van der Waals surface area contributed by atoms with E-state index in [1.165, 1.54) is 5.56 Å². The molecule has 150 valence electrons. The van der Waals surface area contributed by atoms with Gasteiger partial charge in [0.05, 0.1) is 11.5 Å². The van der Waals surface area contributed by atoms with Crippen LogP contribution in [0.25, 0.3) is 0 Å². The summed E-state index contributed by atoms with van der Waals surface area (Å²) in [5.41, 5.74) is 2.28. The van der Waals surface area contributed by atoms with Crippen molar-refractivity contribution in [2.75, 3.05) is 18.0 Å². The molecule has 1 N–H and O–H groups in total. The van der Waals surface area contributed by atoms with Crippen LogP contribution < -0.4 is 4.90 Å². The van der Waals surface area contributed by atoms with Gasteiger partial charge in [-0.2, -0.15) is 5.26 Å². The number of Topliss-reactive ketones (excluding diaryl/α,β-unsaturated/α-hetero) is 1. The molecule has 1 saturated heterocycles. The normalized spacial score (nSPS) is 22.5. The second kappa shape index (κ2) is 7.57. The van der Waals surface area contributed by atoms with E-state index in [0.29, 0.717) is 31.2 Å². The van der Waals surface area contributed by atoms with E-state index in [1.807, 2.05) is 11.0 Å². The van der Waals surface area contributed by atoms with Gasteiger partial charge in [-0.1, -0.05) is 38.1 Å². The van der Waals surface area contributed by atoms with E-state index >= 15 is 0 Å². The van der Waals surface area contributed by atoms with Crippen LogP contribution in [-0.2, 0) is 10.2 Å². The molecule has 6 heteroatoms. The zero-order valence-corrected chi connectivity index (χ0v) is 16.9. The Kier molecular flexibility index (Phi) is 5.10. The number of anilines is 1. The summed E-state index contributed by atoms with van der Waals surface area (Å²) >= 11 is 0. The van der Waals surface area contributed by atoms with Gasteiger partial charge < -0.3 is 10.0 Å². The molecule has 1 saturated carbocycles. The molecular formula is C23H26N4O2. The number of ketones is 1. The average Bonchev–Trinajstić information content (AvgIpc) is 3.47. The van der Waals surface area contributed by atoms with E-state index in [9.17, 15) is 9.90 Å². The second-order valence-electron chi connectivity index (χ2n) is 8.61. The van der Waals surface area contributed by atoms with Crippen molar-refractivity contribution in [1.82, 2.24) is 10.2 Å². The highest BCUT2D eigenvalue weighted by atomic mass is 16.3. The topological polar surface area (TPSA) is 90.1 Å². The lowest BCUT2D eigenvalue weighted by molar-refractivity contribution is -0.123.